The van der Waals surface area contributed by atoms with E-state index in [1.165, 1.54) is 11.1 Å². The molecule has 0 saturated carbocycles. The Hall–Kier alpha value is -1.84. The zero-order valence-corrected chi connectivity index (χ0v) is 9.86. The number of nitrogen functional groups attached to an aromatic ring is 1. The van der Waals surface area contributed by atoms with Gasteiger partial charge in [-0.25, -0.2) is 9.67 Å². The fourth-order valence-corrected chi connectivity index (χ4v) is 1.82. The standard InChI is InChI=1S/C12H16N4/c1-4-16-12(14-7-15-16)11-6-10(13)5-8(2)9(11)3/h5-7H,4,13H2,1-3H3. The SMILES string of the molecule is CCn1ncnc1-c1cc(N)cc(C)c1C. The highest BCUT2D eigenvalue weighted by Gasteiger charge is 2.11. The average molecular weight is 216 g/mol. The monoisotopic (exact) mass is 216 g/mol. The number of aromatic nitrogens is 3. The summed E-state index contributed by atoms with van der Waals surface area (Å²) < 4.78 is 1.88. The summed E-state index contributed by atoms with van der Waals surface area (Å²) in [5.41, 5.74) is 10.1. The van der Waals surface area contributed by atoms with Crippen LogP contribution in [-0.2, 0) is 6.54 Å². The zero-order chi connectivity index (χ0) is 11.7. The first-order chi connectivity index (χ1) is 7.63. The van der Waals surface area contributed by atoms with Gasteiger partial charge in [0.2, 0.25) is 0 Å². The second kappa shape index (κ2) is 3.96. The molecule has 84 valence electrons. The lowest BCUT2D eigenvalue weighted by molar-refractivity contribution is 0.665. The van der Waals surface area contributed by atoms with Crippen LogP contribution in [0.3, 0.4) is 0 Å². The predicted molar refractivity (Wildman–Crippen MR) is 65.0 cm³/mol. The quantitative estimate of drug-likeness (QED) is 0.783. The Balaban J connectivity index is 2.64. The first-order valence-corrected chi connectivity index (χ1v) is 5.38. The maximum atomic E-state index is 5.87. The van der Waals surface area contributed by atoms with Crippen molar-refractivity contribution < 1.29 is 0 Å². The number of nitrogens with zero attached hydrogens (tertiary/aromatic N) is 3. The van der Waals surface area contributed by atoms with E-state index in [4.69, 9.17) is 5.73 Å². The molecule has 0 bridgehead atoms. The van der Waals surface area contributed by atoms with Gasteiger partial charge in [-0.3, -0.25) is 0 Å². The van der Waals surface area contributed by atoms with Gasteiger partial charge in [-0.15, -0.1) is 0 Å². The third-order valence-corrected chi connectivity index (χ3v) is 2.85. The van der Waals surface area contributed by atoms with E-state index in [1.54, 1.807) is 6.33 Å². The average Bonchev–Trinajstić information content (AvgIpc) is 2.71. The van der Waals surface area contributed by atoms with Crippen molar-refractivity contribution in [1.29, 1.82) is 0 Å². The summed E-state index contributed by atoms with van der Waals surface area (Å²) >= 11 is 0. The summed E-state index contributed by atoms with van der Waals surface area (Å²) in [5, 5.41) is 4.18. The van der Waals surface area contributed by atoms with Gasteiger partial charge < -0.3 is 5.73 Å². The maximum Gasteiger partial charge on any atom is 0.158 e. The number of nitrogens with two attached hydrogens (primary N) is 1. The van der Waals surface area contributed by atoms with E-state index in [0.717, 1.165) is 23.6 Å². The molecule has 0 aliphatic heterocycles. The molecule has 4 heteroatoms. The van der Waals surface area contributed by atoms with Crippen LogP contribution in [-0.4, -0.2) is 14.8 Å². The molecule has 0 unspecified atom stereocenters. The van der Waals surface area contributed by atoms with Crippen LogP contribution in [0.5, 0.6) is 0 Å². The molecule has 0 atom stereocenters. The molecule has 0 radical (unpaired) electrons. The predicted octanol–water partition coefficient (Wildman–Crippen LogP) is 2.16. The molecule has 1 aromatic heterocycles. The molecule has 4 nitrogen and oxygen atoms in total. The minimum absolute atomic E-state index is 0.767. The summed E-state index contributed by atoms with van der Waals surface area (Å²) in [7, 11) is 0. The van der Waals surface area contributed by atoms with Crippen molar-refractivity contribution in [2.45, 2.75) is 27.3 Å². The van der Waals surface area contributed by atoms with Crippen molar-refractivity contribution >= 4 is 5.69 Å². The van der Waals surface area contributed by atoms with Gasteiger partial charge in [0.05, 0.1) is 0 Å². The van der Waals surface area contributed by atoms with Crippen molar-refractivity contribution in [1.82, 2.24) is 14.8 Å². The fourth-order valence-electron chi connectivity index (χ4n) is 1.82. The molecule has 16 heavy (non-hydrogen) atoms. The molecular formula is C12H16N4. The molecule has 0 amide bonds. The van der Waals surface area contributed by atoms with Gasteiger partial charge in [-0.1, -0.05) is 0 Å². The zero-order valence-electron chi connectivity index (χ0n) is 9.86. The summed E-state index contributed by atoms with van der Waals surface area (Å²) in [6, 6.07) is 3.93. The number of hydrogen-bond acceptors (Lipinski definition) is 3. The molecular weight excluding hydrogens is 200 g/mol. The van der Waals surface area contributed by atoms with Gasteiger partial charge in [-0.05, 0) is 44.0 Å². The van der Waals surface area contributed by atoms with E-state index in [2.05, 4.69) is 23.9 Å². The highest BCUT2D eigenvalue weighted by atomic mass is 15.3. The minimum Gasteiger partial charge on any atom is -0.399 e. The van der Waals surface area contributed by atoms with Crippen LogP contribution in [0, 0.1) is 13.8 Å². The first kappa shape index (κ1) is 10.7. The number of anilines is 1. The van der Waals surface area contributed by atoms with Gasteiger partial charge in [0.25, 0.3) is 0 Å². The van der Waals surface area contributed by atoms with Gasteiger partial charge in [0.1, 0.15) is 6.33 Å². The second-order valence-electron chi connectivity index (χ2n) is 3.91. The van der Waals surface area contributed by atoms with E-state index in [0.29, 0.717) is 0 Å². The van der Waals surface area contributed by atoms with Crippen molar-refractivity contribution in [2.75, 3.05) is 5.73 Å². The van der Waals surface area contributed by atoms with Crippen LogP contribution in [0.15, 0.2) is 18.5 Å². The number of benzene rings is 1. The molecule has 1 aromatic carbocycles. The largest absolute Gasteiger partial charge is 0.399 e. The Morgan fingerprint density at radius 2 is 2.06 bits per heavy atom. The molecule has 1 heterocycles. The smallest absolute Gasteiger partial charge is 0.158 e. The van der Waals surface area contributed by atoms with Crippen LogP contribution in [0.1, 0.15) is 18.1 Å². The van der Waals surface area contributed by atoms with Crippen molar-refractivity contribution in [3.8, 4) is 11.4 Å². The Morgan fingerprint density at radius 1 is 1.31 bits per heavy atom. The molecule has 2 aromatic rings. The Labute approximate surface area is 95.1 Å². The second-order valence-corrected chi connectivity index (χ2v) is 3.91. The van der Waals surface area contributed by atoms with E-state index in [1.807, 2.05) is 23.7 Å². The number of rotatable bonds is 2. The summed E-state index contributed by atoms with van der Waals surface area (Å²) in [6.45, 7) is 7.00. The Kier molecular flexibility index (Phi) is 2.64. The topological polar surface area (TPSA) is 56.7 Å². The first-order valence-electron chi connectivity index (χ1n) is 5.38. The maximum absolute atomic E-state index is 5.87. The van der Waals surface area contributed by atoms with Gasteiger partial charge in [-0.2, -0.15) is 5.10 Å². The molecule has 0 saturated heterocycles. The minimum atomic E-state index is 0.767. The molecule has 0 fully saturated rings. The van der Waals surface area contributed by atoms with E-state index >= 15 is 0 Å². The van der Waals surface area contributed by atoms with Crippen LogP contribution < -0.4 is 5.73 Å². The van der Waals surface area contributed by atoms with Gasteiger partial charge in [0.15, 0.2) is 5.82 Å². The van der Waals surface area contributed by atoms with Crippen molar-refractivity contribution in [3.63, 3.8) is 0 Å². The number of aryl methyl sites for hydroxylation is 2. The van der Waals surface area contributed by atoms with E-state index < -0.39 is 0 Å². The lowest BCUT2D eigenvalue weighted by Crippen LogP contribution is -2.02. The third kappa shape index (κ3) is 1.66. The summed E-state index contributed by atoms with van der Waals surface area (Å²) in [5.74, 6) is 0.885. The highest BCUT2D eigenvalue weighted by Crippen LogP contribution is 2.26. The van der Waals surface area contributed by atoms with E-state index in [-0.39, 0.29) is 0 Å². The molecule has 0 spiro atoms. The highest BCUT2D eigenvalue weighted by molar-refractivity contribution is 5.67. The van der Waals surface area contributed by atoms with Gasteiger partial charge in [0, 0.05) is 17.8 Å². The Bertz CT molecular complexity index is 514. The lowest BCUT2D eigenvalue weighted by Gasteiger charge is -2.10. The molecule has 2 N–H and O–H groups in total. The van der Waals surface area contributed by atoms with Crippen LogP contribution in [0.4, 0.5) is 5.69 Å². The van der Waals surface area contributed by atoms with Crippen LogP contribution in [0.25, 0.3) is 11.4 Å². The summed E-state index contributed by atoms with van der Waals surface area (Å²) in [4.78, 5) is 4.30. The normalized spacial score (nSPS) is 10.7. The van der Waals surface area contributed by atoms with Gasteiger partial charge >= 0.3 is 0 Å². The van der Waals surface area contributed by atoms with Crippen molar-refractivity contribution in [2.24, 2.45) is 0 Å². The molecule has 2 rings (SSSR count). The van der Waals surface area contributed by atoms with E-state index in [9.17, 15) is 0 Å². The van der Waals surface area contributed by atoms with Crippen LogP contribution >= 0.6 is 0 Å². The summed E-state index contributed by atoms with van der Waals surface area (Å²) in [6.07, 6.45) is 1.58. The Morgan fingerprint density at radius 3 is 2.75 bits per heavy atom. The fraction of sp³-hybridized carbons (Fsp3) is 0.333. The molecule has 0 aliphatic carbocycles. The van der Waals surface area contributed by atoms with Crippen molar-refractivity contribution in [3.05, 3.63) is 29.6 Å². The third-order valence-electron chi connectivity index (χ3n) is 2.85. The van der Waals surface area contributed by atoms with Crippen LogP contribution in [0.2, 0.25) is 0 Å². The molecule has 0 aliphatic rings. The number of hydrogen-bond donors (Lipinski definition) is 1. The lowest BCUT2D eigenvalue weighted by atomic mass is 10.0.